The number of nitrogens with one attached hydrogen (secondary N) is 2. The summed E-state index contributed by atoms with van der Waals surface area (Å²) >= 11 is 0. The van der Waals surface area contributed by atoms with Crippen molar-refractivity contribution in [3.8, 4) is 11.1 Å². The van der Waals surface area contributed by atoms with Crippen LogP contribution in [0, 0.1) is 19.7 Å². The topological polar surface area (TPSA) is 41.1 Å². The van der Waals surface area contributed by atoms with Crippen molar-refractivity contribution in [1.29, 1.82) is 0 Å². The third kappa shape index (κ3) is 4.39. The summed E-state index contributed by atoms with van der Waals surface area (Å²) in [6.45, 7) is 8.05. The van der Waals surface area contributed by atoms with E-state index in [1.807, 2.05) is 39.0 Å². The van der Waals surface area contributed by atoms with Gasteiger partial charge in [-0.1, -0.05) is 31.2 Å². The lowest BCUT2D eigenvalue weighted by Gasteiger charge is -2.09. The Morgan fingerprint density at radius 2 is 1.70 bits per heavy atom. The highest BCUT2D eigenvalue weighted by molar-refractivity contribution is 5.95. The molecule has 3 nitrogen and oxygen atoms in total. The van der Waals surface area contributed by atoms with E-state index in [1.54, 1.807) is 12.1 Å². The van der Waals surface area contributed by atoms with Crippen molar-refractivity contribution >= 4 is 5.91 Å². The maximum atomic E-state index is 14.3. The molecule has 0 aliphatic carbocycles. The van der Waals surface area contributed by atoms with Gasteiger partial charge >= 0.3 is 0 Å². The van der Waals surface area contributed by atoms with Gasteiger partial charge < -0.3 is 10.6 Å². The smallest absolute Gasteiger partial charge is 0.254 e. The fraction of sp³-hybridized carbons (Fsp3) is 0.316. The standard InChI is InChI=1S/C19H23FN2O/c1-4-21-9-10-22-19(23)17-8-7-16(12-18(17)20)15-6-5-13(2)14(3)11-15/h5-8,11-12,21H,4,9-10H2,1-3H3,(H,22,23). The fourth-order valence-electron chi connectivity index (χ4n) is 2.34. The minimum absolute atomic E-state index is 0.0779. The molecule has 0 aliphatic heterocycles. The van der Waals surface area contributed by atoms with Crippen LogP contribution in [0.5, 0.6) is 0 Å². The van der Waals surface area contributed by atoms with E-state index in [4.69, 9.17) is 0 Å². The van der Waals surface area contributed by atoms with Crippen LogP contribution in [0.4, 0.5) is 4.39 Å². The van der Waals surface area contributed by atoms with E-state index in [0.29, 0.717) is 13.1 Å². The van der Waals surface area contributed by atoms with Crippen molar-refractivity contribution in [2.24, 2.45) is 0 Å². The molecule has 0 fully saturated rings. The van der Waals surface area contributed by atoms with Gasteiger partial charge in [-0.2, -0.15) is 0 Å². The molecule has 0 spiro atoms. The zero-order chi connectivity index (χ0) is 16.8. The third-order valence-corrected chi connectivity index (χ3v) is 3.89. The number of halogens is 1. The van der Waals surface area contributed by atoms with Crippen LogP contribution >= 0.6 is 0 Å². The molecule has 0 heterocycles. The predicted molar refractivity (Wildman–Crippen MR) is 92.2 cm³/mol. The maximum absolute atomic E-state index is 14.3. The Labute approximate surface area is 136 Å². The number of hydrogen-bond donors (Lipinski definition) is 2. The molecule has 0 aliphatic rings. The summed E-state index contributed by atoms with van der Waals surface area (Å²) < 4.78 is 14.3. The van der Waals surface area contributed by atoms with Crippen LogP contribution < -0.4 is 10.6 Å². The van der Waals surface area contributed by atoms with Crippen LogP contribution in [0.15, 0.2) is 36.4 Å². The lowest BCUT2D eigenvalue weighted by molar-refractivity contribution is 0.0950. The molecule has 122 valence electrons. The molecule has 0 saturated carbocycles. The number of amides is 1. The third-order valence-electron chi connectivity index (χ3n) is 3.89. The second kappa shape index (κ2) is 7.88. The minimum Gasteiger partial charge on any atom is -0.351 e. The lowest BCUT2D eigenvalue weighted by Crippen LogP contribution is -2.32. The van der Waals surface area contributed by atoms with E-state index in [0.717, 1.165) is 23.2 Å². The van der Waals surface area contributed by atoms with E-state index in [-0.39, 0.29) is 11.5 Å². The molecule has 2 rings (SSSR count). The molecule has 0 radical (unpaired) electrons. The number of hydrogen-bond acceptors (Lipinski definition) is 2. The molecule has 0 atom stereocenters. The molecule has 0 bridgehead atoms. The first-order chi connectivity index (χ1) is 11.0. The number of benzene rings is 2. The van der Waals surface area contributed by atoms with Gasteiger partial charge in [0.15, 0.2) is 0 Å². The molecule has 2 aromatic rings. The van der Waals surface area contributed by atoms with E-state index in [1.165, 1.54) is 11.6 Å². The van der Waals surface area contributed by atoms with Crippen molar-refractivity contribution in [2.45, 2.75) is 20.8 Å². The highest BCUT2D eigenvalue weighted by atomic mass is 19.1. The van der Waals surface area contributed by atoms with Gasteiger partial charge in [0.1, 0.15) is 5.82 Å². The number of likely N-dealkylation sites (N-methyl/N-ethyl adjacent to an activating group) is 1. The Balaban J connectivity index is 2.14. The Bertz CT molecular complexity index is 698. The second-order valence-corrected chi connectivity index (χ2v) is 5.60. The summed E-state index contributed by atoms with van der Waals surface area (Å²) in [6.07, 6.45) is 0. The minimum atomic E-state index is -0.498. The zero-order valence-electron chi connectivity index (χ0n) is 13.9. The lowest BCUT2D eigenvalue weighted by atomic mass is 9.99. The van der Waals surface area contributed by atoms with Crippen LogP contribution in [0.1, 0.15) is 28.4 Å². The largest absolute Gasteiger partial charge is 0.351 e. The van der Waals surface area contributed by atoms with Gasteiger partial charge in [-0.05, 0) is 54.8 Å². The predicted octanol–water partition coefficient (Wildman–Crippen LogP) is 3.45. The van der Waals surface area contributed by atoms with Gasteiger partial charge in [-0.3, -0.25) is 4.79 Å². The van der Waals surface area contributed by atoms with Crippen LogP contribution in [0.3, 0.4) is 0 Å². The second-order valence-electron chi connectivity index (χ2n) is 5.60. The summed E-state index contributed by atoms with van der Waals surface area (Å²) in [5, 5.41) is 5.81. The van der Waals surface area contributed by atoms with E-state index >= 15 is 0 Å². The van der Waals surface area contributed by atoms with Crippen molar-refractivity contribution in [1.82, 2.24) is 10.6 Å². The Morgan fingerprint density at radius 1 is 1.00 bits per heavy atom. The summed E-state index contributed by atoms with van der Waals surface area (Å²) in [5.41, 5.74) is 4.16. The summed E-state index contributed by atoms with van der Waals surface area (Å²) in [7, 11) is 0. The van der Waals surface area contributed by atoms with Crippen LogP contribution in [0.2, 0.25) is 0 Å². The van der Waals surface area contributed by atoms with Gasteiger partial charge in [0.25, 0.3) is 5.91 Å². The molecule has 2 aromatic carbocycles. The molecular formula is C19H23FN2O. The molecule has 0 unspecified atom stereocenters. The van der Waals surface area contributed by atoms with Crippen molar-refractivity contribution in [3.05, 3.63) is 58.9 Å². The van der Waals surface area contributed by atoms with Crippen molar-refractivity contribution in [2.75, 3.05) is 19.6 Å². The summed E-state index contributed by atoms with van der Waals surface area (Å²) in [6, 6.07) is 10.8. The average molecular weight is 314 g/mol. The molecule has 23 heavy (non-hydrogen) atoms. The number of carbonyl (C=O) groups is 1. The Morgan fingerprint density at radius 3 is 2.35 bits per heavy atom. The molecule has 1 amide bonds. The van der Waals surface area contributed by atoms with Crippen LogP contribution in [0.25, 0.3) is 11.1 Å². The molecule has 2 N–H and O–H groups in total. The normalized spacial score (nSPS) is 10.6. The first-order valence-electron chi connectivity index (χ1n) is 7.89. The first-order valence-corrected chi connectivity index (χ1v) is 7.89. The number of aryl methyl sites for hydroxylation is 2. The van der Waals surface area contributed by atoms with Crippen LogP contribution in [-0.4, -0.2) is 25.5 Å². The van der Waals surface area contributed by atoms with Gasteiger partial charge in [0.05, 0.1) is 5.56 Å². The molecule has 4 heteroatoms. The average Bonchev–Trinajstić information content (AvgIpc) is 2.54. The summed E-state index contributed by atoms with van der Waals surface area (Å²) in [4.78, 5) is 12.0. The number of rotatable bonds is 6. The first kappa shape index (κ1) is 17.2. The van der Waals surface area contributed by atoms with Gasteiger partial charge in [-0.15, -0.1) is 0 Å². The van der Waals surface area contributed by atoms with Crippen molar-refractivity contribution in [3.63, 3.8) is 0 Å². The number of carbonyl (C=O) groups excluding carboxylic acids is 1. The van der Waals surface area contributed by atoms with Gasteiger partial charge in [-0.25, -0.2) is 4.39 Å². The monoisotopic (exact) mass is 314 g/mol. The Kier molecular flexibility index (Phi) is 5.88. The highest BCUT2D eigenvalue weighted by Gasteiger charge is 2.12. The zero-order valence-corrected chi connectivity index (χ0v) is 13.9. The fourth-order valence-corrected chi connectivity index (χ4v) is 2.34. The Hall–Kier alpha value is -2.20. The maximum Gasteiger partial charge on any atom is 0.254 e. The van der Waals surface area contributed by atoms with Crippen LogP contribution in [-0.2, 0) is 0 Å². The van der Waals surface area contributed by atoms with Crippen molar-refractivity contribution < 1.29 is 9.18 Å². The molecular weight excluding hydrogens is 291 g/mol. The SMILES string of the molecule is CCNCCNC(=O)c1ccc(-c2ccc(C)c(C)c2)cc1F. The van der Waals surface area contributed by atoms with E-state index in [9.17, 15) is 9.18 Å². The molecule has 0 saturated heterocycles. The summed E-state index contributed by atoms with van der Waals surface area (Å²) in [5.74, 6) is -0.881. The highest BCUT2D eigenvalue weighted by Crippen LogP contribution is 2.24. The van der Waals surface area contributed by atoms with Gasteiger partial charge in [0, 0.05) is 13.1 Å². The van der Waals surface area contributed by atoms with E-state index in [2.05, 4.69) is 10.6 Å². The quantitative estimate of drug-likeness (QED) is 0.802. The van der Waals surface area contributed by atoms with Gasteiger partial charge in [0.2, 0.25) is 0 Å². The molecule has 0 aromatic heterocycles. The van der Waals surface area contributed by atoms with E-state index < -0.39 is 5.82 Å².